The predicted molar refractivity (Wildman–Crippen MR) is 38.0 cm³/mol. The fraction of sp³-hybridized carbons (Fsp3) is 0.714. The van der Waals surface area contributed by atoms with Crippen LogP contribution in [0.2, 0.25) is 0 Å². The summed E-state index contributed by atoms with van der Waals surface area (Å²) in [5.74, 6) is 0. The number of allylic oxidation sites excluding steroid dienone is 1. The Labute approximate surface area is 51.8 Å². The van der Waals surface area contributed by atoms with Crippen LogP contribution >= 0.6 is 0 Å². The largest absolute Gasteiger partial charge is 0.316 e. The van der Waals surface area contributed by atoms with Crippen LogP contribution in [0.1, 0.15) is 20.3 Å². The molecular formula is C7H15N. The second-order valence-corrected chi connectivity index (χ2v) is 1.83. The van der Waals surface area contributed by atoms with E-state index in [9.17, 15) is 0 Å². The van der Waals surface area contributed by atoms with Crippen LogP contribution in [0.15, 0.2) is 11.6 Å². The van der Waals surface area contributed by atoms with E-state index in [-0.39, 0.29) is 0 Å². The van der Waals surface area contributed by atoms with Gasteiger partial charge in [0.2, 0.25) is 0 Å². The monoisotopic (exact) mass is 113 g/mol. The van der Waals surface area contributed by atoms with E-state index >= 15 is 0 Å². The Hall–Kier alpha value is -0.300. The highest BCUT2D eigenvalue weighted by atomic mass is 14.8. The molecule has 0 bridgehead atoms. The van der Waals surface area contributed by atoms with Crippen molar-refractivity contribution in [1.29, 1.82) is 0 Å². The Bertz CT molecular complexity index is 74.5. The smallest absolute Gasteiger partial charge is 0.0161 e. The molecule has 0 aliphatic heterocycles. The number of hydrogen-bond donors (Lipinski definition) is 1. The molecule has 0 aromatic carbocycles. The van der Waals surface area contributed by atoms with Gasteiger partial charge in [0, 0.05) is 6.54 Å². The molecule has 0 aliphatic carbocycles. The molecular weight excluding hydrogens is 98.1 g/mol. The molecule has 0 saturated carbocycles. The van der Waals surface area contributed by atoms with Crippen LogP contribution in [0, 0.1) is 0 Å². The van der Waals surface area contributed by atoms with Gasteiger partial charge in [-0.15, -0.1) is 0 Å². The number of hydrogen-bond acceptors (Lipinski definition) is 1. The fourth-order valence-corrected chi connectivity index (χ4v) is 0.658. The van der Waals surface area contributed by atoms with Crippen LogP contribution < -0.4 is 5.32 Å². The molecule has 0 unspecified atom stereocenters. The van der Waals surface area contributed by atoms with Crippen molar-refractivity contribution in [3.8, 4) is 0 Å². The van der Waals surface area contributed by atoms with E-state index < -0.39 is 0 Å². The molecule has 0 aromatic heterocycles. The zero-order chi connectivity index (χ0) is 6.41. The zero-order valence-corrected chi connectivity index (χ0v) is 5.99. The van der Waals surface area contributed by atoms with E-state index in [1.807, 2.05) is 7.05 Å². The quantitative estimate of drug-likeness (QED) is 0.548. The molecule has 0 heterocycles. The first-order chi connectivity index (χ1) is 3.85. The van der Waals surface area contributed by atoms with E-state index in [2.05, 4.69) is 25.2 Å². The molecule has 0 amide bonds. The summed E-state index contributed by atoms with van der Waals surface area (Å²) in [5, 5.41) is 3.10. The highest BCUT2D eigenvalue weighted by Crippen LogP contribution is 1.95. The van der Waals surface area contributed by atoms with Crippen LogP contribution in [-0.4, -0.2) is 13.6 Å². The number of nitrogens with one attached hydrogen (secondary N) is 1. The molecule has 0 atom stereocenters. The number of likely N-dealkylation sites (N-methyl/N-ethyl adjacent to an activating group) is 1. The average molecular weight is 113 g/mol. The van der Waals surface area contributed by atoms with Gasteiger partial charge in [0.25, 0.3) is 0 Å². The molecule has 0 rings (SSSR count). The molecule has 0 spiro atoms. The third kappa shape index (κ3) is 2.80. The van der Waals surface area contributed by atoms with Crippen molar-refractivity contribution in [3.63, 3.8) is 0 Å². The molecule has 8 heavy (non-hydrogen) atoms. The summed E-state index contributed by atoms with van der Waals surface area (Å²) in [7, 11) is 1.97. The maximum absolute atomic E-state index is 3.10. The van der Waals surface area contributed by atoms with Crippen LogP contribution in [0.3, 0.4) is 0 Å². The van der Waals surface area contributed by atoms with E-state index in [1.165, 1.54) is 5.57 Å². The summed E-state index contributed by atoms with van der Waals surface area (Å²) in [6.45, 7) is 5.29. The van der Waals surface area contributed by atoms with Gasteiger partial charge in [-0.2, -0.15) is 0 Å². The first kappa shape index (κ1) is 7.70. The van der Waals surface area contributed by atoms with Crippen molar-refractivity contribution in [1.82, 2.24) is 5.32 Å². The van der Waals surface area contributed by atoms with Gasteiger partial charge >= 0.3 is 0 Å². The van der Waals surface area contributed by atoms with Crippen LogP contribution in [0.5, 0.6) is 0 Å². The highest BCUT2D eigenvalue weighted by molar-refractivity contribution is 5.00. The predicted octanol–water partition coefficient (Wildman–Crippen LogP) is 1.56. The van der Waals surface area contributed by atoms with E-state index in [0.29, 0.717) is 0 Å². The molecule has 0 saturated heterocycles. The molecule has 48 valence electrons. The molecule has 0 radical (unpaired) electrons. The molecule has 0 aliphatic rings. The summed E-state index contributed by atoms with van der Waals surface area (Å²) in [5.41, 5.74) is 1.48. The van der Waals surface area contributed by atoms with Gasteiger partial charge in [-0.3, -0.25) is 0 Å². The van der Waals surface area contributed by atoms with E-state index in [4.69, 9.17) is 0 Å². The lowest BCUT2D eigenvalue weighted by Crippen LogP contribution is -2.09. The van der Waals surface area contributed by atoms with Gasteiger partial charge in [0.15, 0.2) is 0 Å². The van der Waals surface area contributed by atoms with Gasteiger partial charge in [0.1, 0.15) is 0 Å². The highest BCUT2D eigenvalue weighted by Gasteiger charge is 1.85. The van der Waals surface area contributed by atoms with Crippen molar-refractivity contribution in [2.75, 3.05) is 13.6 Å². The average Bonchev–Trinajstić information content (AvgIpc) is 1.83. The maximum Gasteiger partial charge on any atom is 0.0161 e. The summed E-state index contributed by atoms with van der Waals surface area (Å²) >= 11 is 0. The lowest BCUT2D eigenvalue weighted by atomic mass is 10.2. The van der Waals surface area contributed by atoms with Crippen molar-refractivity contribution >= 4 is 0 Å². The minimum Gasteiger partial charge on any atom is -0.316 e. The molecule has 1 heteroatoms. The summed E-state index contributed by atoms with van der Waals surface area (Å²) in [6.07, 6.45) is 3.33. The van der Waals surface area contributed by atoms with E-state index in [0.717, 1.165) is 13.0 Å². The Morgan fingerprint density at radius 2 is 2.25 bits per heavy atom. The minimum atomic E-state index is 1.03. The van der Waals surface area contributed by atoms with Gasteiger partial charge < -0.3 is 5.32 Å². The van der Waals surface area contributed by atoms with Crippen LogP contribution in [-0.2, 0) is 0 Å². The topological polar surface area (TPSA) is 12.0 Å². The lowest BCUT2D eigenvalue weighted by Gasteiger charge is -1.99. The maximum atomic E-state index is 3.10. The lowest BCUT2D eigenvalue weighted by molar-refractivity contribution is 0.843. The van der Waals surface area contributed by atoms with Gasteiger partial charge in [-0.05, 0) is 20.4 Å². The SMILES string of the molecule is C/C=C(\CC)CNC. The summed E-state index contributed by atoms with van der Waals surface area (Å²) < 4.78 is 0. The Morgan fingerprint density at radius 3 is 2.38 bits per heavy atom. The number of rotatable bonds is 3. The Kier molecular flexibility index (Phi) is 4.67. The third-order valence-electron chi connectivity index (χ3n) is 1.27. The third-order valence-corrected chi connectivity index (χ3v) is 1.27. The second-order valence-electron chi connectivity index (χ2n) is 1.83. The molecule has 1 nitrogen and oxygen atoms in total. The van der Waals surface area contributed by atoms with Gasteiger partial charge in [-0.25, -0.2) is 0 Å². The summed E-state index contributed by atoms with van der Waals surface area (Å²) in [6, 6.07) is 0. The first-order valence-corrected chi connectivity index (χ1v) is 3.13. The molecule has 1 N–H and O–H groups in total. The summed E-state index contributed by atoms with van der Waals surface area (Å²) in [4.78, 5) is 0. The minimum absolute atomic E-state index is 1.03. The van der Waals surface area contributed by atoms with Crippen molar-refractivity contribution in [3.05, 3.63) is 11.6 Å². The second kappa shape index (κ2) is 4.85. The van der Waals surface area contributed by atoms with Crippen molar-refractivity contribution in [2.24, 2.45) is 0 Å². The normalized spacial score (nSPS) is 12.1. The first-order valence-electron chi connectivity index (χ1n) is 3.13. The van der Waals surface area contributed by atoms with Crippen molar-refractivity contribution in [2.45, 2.75) is 20.3 Å². The fourth-order valence-electron chi connectivity index (χ4n) is 0.658. The van der Waals surface area contributed by atoms with Crippen LogP contribution in [0.4, 0.5) is 0 Å². The Balaban J connectivity index is 3.38. The molecule has 0 fully saturated rings. The van der Waals surface area contributed by atoms with Crippen LogP contribution in [0.25, 0.3) is 0 Å². The van der Waals surface area contributed by atoms with Gasteiger partial charge in [-0.1, -0.05) is 18.6 Å². The Morgan fingerprint density at radius 1 is 1.62 bits per heavy atom. The van der Waals surface area contributed by atoms with Crippen molar-refractivity contribution < 1.29 is 0 Å². The standard InChI is InChI=1S/C7H15N/c1-4-7(5-2)6-8-3/h4,8H,5-6H2,1-3H3/b7-4+. The van der Waals surface area contributed by atoms with E-state index in [1.54, 1.807) is 0 Å². The zero-order valence-electron chi connectivity index (χ0n) is 5.99. The molecule has 0 aromatic rings. The van der Waals surface area contributed by atoms with Gasteiger partial charge in [0.05, 0.1) is 0 Å².